The molecule has 1 amide bonds. The third kappa shape index (κ3) is 5.57. The summed E-state index contributed by atoms with van der Waals surface area (Å²) in [4.78, 5) is 14.8. The van der Waals surface area contributed by atoms with E-state index in [1.54, 1.807) is 0 Å². The van der Waals surface area contributed by atoms with Gasteiger partial charge in [-0.25, -0.2) is 0 Å². The molecular formula is C25H30N4O3S. The van der Waals surface area contributed by atoms with Crippen molar-refractivity contribution in [3.63, 3.8) is 0 Å². The van der Waals surface area contributed by atoms with E-state index in [2.05, 4.69) is 29.3 Å². The average molecular weight is 467 g/mol. The van der Waals surface area contributed by atoms with E-state index in [1.807, 2.05) is 66.6 Å². The Hall–Kier alpha value is -2.84. The molecule has 2 atom stereocenters. The second-order valence-corrected chi connectivity index (χ2v) is 9.23. The first-order chi connectivity index (χ1) is 15.9. The van der Waals surface area contributed by atoms with Gasteiger partial charge in [0, 0.05) is 24.3 Å². The molecule has 0 bridgehead atoms. The van der Waals surface area contributed by atoms with E-state index in [-0.39, 0.29) is 18.1 Å². The summed E-state index contributed by atoms with van der Waals surface area (Å²) in [5.41, 5.74) is 3.04. The van der Waals surface area contributed by atoms with Crippen LogP contribution in [0, 0.1) is 6.92 Å². The van der Waals surface area contributed by atoms with E-state index in [0.29, 0.717) is 30.6 Å². The monoisotopic (exact) mass is 466 g/mol. The topological polar surface area (TPSA) is 69.5 Å². The molecule has 0 radical (unpaired) electrons. The lowest BCUT2D eigenvalue weighted by Crippen LogP contribution is -2.48. The lowest BCUT2D eigenvalue weighted by atomic mass is 10.1. The number of carbonyl (C=O) groups is 1. The van der Waals surface area contributed by atoms with Gasteiger partial charge in [0.1, 0.15) is 5.75 Å². The highest BCUT2D eigenvalue weighted by Gasteiger charge is 2.26. The van der Waals surface area contributed by atoms with E-state index in [9.17, 15) is 4.79 Å². The fourth-order valence-electron chi connectivity index (χ4n) is 4.02. The first-order valence-corrected chi connectivity index (χ1v) is 12.2. The minimum Gasteiger partial charge on any atom is -0.494 e. The van der Waals surface area contributed by atoms with E-state index in [1.165, 1.54) is 11.8 Å². The molecule has 0 spiro atoms. The Bertz CT molecular complexity index is 1090. The van der Waals surface area contributed by atoms with Gasteiger partial charge in [0.25, 0.3) is 0 Å². The Kier molecular flexibility index (Phi) is 7.35. The van der Waals surface area contributed by atoms with E-state index in [0.717, 1.165) is 28.4 Å². The van der Waals surface area contributed by atoms with Crippen molar-refractivity contribution in [3.8, 4) is 22.8 Å². The van der Waals surface area contributed by atoms with Crippen LogP contribution in [0.2, 0.25) is 0 Å². The molecule has 8 heteroatoms. The smallest absolute Gasteiger partial charge is 0.233 e. The first kappa shape index (κ1) is 23.3. The van der Waals surface area contributed by atoms with Gasteiger partial charge >= 0.3 is 0 Å². The van der Waals surface area contributed by atoms with Gasteiger partial charge in [-0.15, -0.1) is 10.2 Å². The molecule has 0 aliphatic carbocycles. The Balaban J connectivity index is 1.61. The van der Waals surface area contributed by atoms with Gasteiger partial charge in [-0.1, -0.05) is 35.5 Å². The minimum atomic E-state index is 0.0446. The number of hydrogen-bond donors (Lipinski definition) is 0. The van der Waals surface area contributed by atoms with Crippen molar-refractivity contribution in [1.29, 1.82) is 0 Å². The summed E-state index contributed by atoms with van der Waals surface area (Å²) in [5.74, 6) is 1.93. The fourth-order valence-corrected chi connectivity index (χ4v) is 4.88. The highest BCUT2D eigenvalue weighted by molar-refractivity contribution is 7.99. The zero-order valence-electron chi connectivity index (χ0n) is 19.5. The zero-order valence-corrected chi connectivity index (χ0v) is 20.3. The highest BCUT2D eigenvalue weighted by atomic mass is 32.2. The molecule has 1 aliphatic heterocycles. The van der Waals surface area contributed by atoms with Crippen LogP contribution in [-0.4, -0.2) is 63.2 Å². The highest BCUT2D eigenvalue weighted by Crippen LogP contribution is 2.29. The Morgan fingerprint density at radius 2 is 1.85 bits per heavy atom. The molecule has 4 rings (SSSR count). The second kappa shape index (κ2) is 10.4. The van der Waals surface area contributed by atoms with Crippen molar-refractivity contribution in [1.82, 2.24) is 19.7 Å². The quantitative estimate of drug-likeness (QED) is 0.482. The molecule has 7 nitrogen and oxygen atoms in total. The van der Waals surface area contributed by atoms with Crippen LogP contribution in [0.1, 0.15) is 26.3 Å². The zero-order chi connectivity index (χ0) is 23.4. The molecule has 1 aliphatic rings. The molecule has 33 heavy (non-hydrogen) atoms. The van der Waals surface area contributed by atoms with Crippen molar-refractivity contribution < 1.29 is 14.3 Å². The van der Waals surface area contributed by atoms with Gasteiger partial charge < -0.3 is 14.4 Å². The third-order valence-corrected chi connectivity index (χ3v) is 6.33. The minimum absolute atomic E-state index is 0.0446. The summed E-state index contributed by atoms with van der Waals surface area (Å²) in [6, 6.07) is 16.0. The normalized spacial score (nSPS) is 18.4. The Morgan fingerprint density at radius 1 is 1.12 bits per heavy atom. The number of ether oxygens (including phenoxy) is 2. The molecule has 2 heterocycles. The van der Waals surface area contributed by atoms with Crippen molar-refractivity contribution in [2.75, 3.05) is 25.4 Å². The number of aromatic nitrogens is 3. The molecule has 1 saturated heterocycles. The van der Waals surface area contributed by atoms with Crippen molar-refractivity contribution >= 4 is 17.7 Å². The standard InChI is InChI=1S/C25H30N4O3S/c1-5-31-22-11-9-21(10-12-22)29-24(20-8-6-7-17(2)13-20)26-27-25(29)33-16-23(30)28-14-18(3)32-19(4)15-28/h6-13,18-19H,5,14-16H2,1-4H3/t18-,19-/m0/s1. The van der Waals surface area contributed by atoms with Crippen LogP contribution in [0.15, 0.2) is 53.7 Å². The number of carbonyl (C=O) groups excluding carboxylic acids is 1. The predicted octanol–water partition coefficient (Wildman–Crippen LogP) is 4.37. The Morgan fingerprint density at radius 3 is 2.52 bits per heavy atom. The van der Waals surface area contributed by atoms with Crippen LogP contribution >= 0.6 is 11.8 Å². The second-order valence-electron chi connectivity index (χ2n) is 8.28. The summed E-state index contributed by atoms with van der Waals surface area (Å²) >= 11 is 1.41. The van der Waals surface area contributed by atoms with E-state index in [4.69, 9.17) is 9.47 Å². The summed E-state index contributed by atoms with van der Waals surface area (Å²) in [7, 11) is 0. The SMILES string of the molecule is CCOc1ccc(-n2c(SCC(=O)N3C[C@H](C)O[C@@H](C)C3)nnc2-c2cccc(C)c2)cc1. The average Bonchev–Trinajstić information content (AvgIpc) is 3.21. The van der Waals surface area contributed by atoms with Crippen molar-refractivity contribution in [2.24, 2.45) is 0 Å². The lowest BCUT2D eigenvalue weighted by Gasteiger charge is -2.35. The summed E-state index contributed by atoms with van der Waals surface area (Å²) in [6.07, 6.45) is 0.0891. The molecule has 1 aromatic heterocycles. The molecule has 1 fully saturated rings. The van der Waals surface area contributed by atoms with Gasteiger partial charge in [0.15, 0.2) is 11.0 Å². The molecule has 0 unspecified atom stereocenters. The summed E-state index contributed by atoms with van der Waals surface area (Å²) < 4.78 is 13.4. The number of nitrogens with zero attached hydrogens (tertiary/aromatic N) is 4. The Labute approximate surface area is 199 Å². The lowest BCUT2D eigenvalue weighted by molar-refractivity contribution is -0.140. The van der Waals surface area contributed by atoms with Crippen LogP contribution in [0.5, 0.6) is 5.75 Å². The largest absolute Gasteiger partial charge is 0.494 e. The predicted molar refractivity (Wildman–Crippen MR) is 130 cm³/mol. The van der Waals surface area contributed by atoms with E-state index < -0.39 is 0 Å². The molecular weight excluding hydrogens is 436 g/mol. The summed E-state index contributed by atoms with van der Waals surface area (Å²) in [5, 5.41) is 9.63. The van der Waals surface area contributed by atoms with Crippen molar-refractivity contribution in [3.05, 3.63) is 54.1 Å². The van der Waals surface area contributed by atoms with Crippen molar-refractivity contribution in [2.45, 2.75) is 45.1 Å². The summed E-state index contributed by atoms with van der Waals surface area (Å²) in [6.45, 7) is 9.86. The van der Waals surface area contributed by atoms with Crippen LogP contribution in [-0.2, 0) is 9.53 Å². The number of aryl methyl sites for hydroxylation is 1. The van der Waals surface area contributed by atoms with Gasteiger partial charge in [-0.05, 0) is 58.0 Å². The number of morpholine rings is 1. The number of hydrogen-bond acceptors (Lipinski definition) is 6. The van der Waals surface area contributed by atoms with Crippen LogP contribution in [0.3, 0.4) is 0 Å². The maximum atomic E-state index is 12.9. The molecule has 0 saturated carbocycles. The number of rotatable bonds is 7. The molecule has 3 aromatic rings. The fraction of sp³-hybridized carbons (Fsp3) is 0.400. The maximum absolute atomic E-state index is 12.9. The molecule has 174 valence electrons. The van der Waals surface area contributed by atoms with Gasteiger partial charge in [-0.3, -0.25) is 9.36 Å². The van der Waals surface area contributed by atoms with Gasteiger partial charge in [0.05, 0.1) is 24.6 Å². The van der Waals surface area contributed by atoms with Crippen LogP contribution in [0.4, 0.5) is 0 Å². The van der Waals surface area contributed by atoms with Gasteiger partial charge in [-0.2, -0.15) is 0 Å². The number of thioether (sulfide) groups is 1. The number of amides is 1. The molecule has 0 N–H and O–H groups in total. The number of benzene rings is 2. The van der Waals surface area contributed by atoms with E-state index >= 15 is 0 Å². The van der Waals surface area contributed by atoms with Crippen LogP contribution in [0.25, 0.3) is 17.1 Å². The maximum Gasteiger partial charge on any atom is 0.233 e. The molecule has 2 aromatic carbocycles. The van der Waals surface area contributed by atoms with Crippen LogP contribution < -0.4 is 4.74 Å². The third-order valence-electron chi connectivity index (χ3n) is 5.41. The first-order valence-electron chi connectivity index (χ1n) is 11.3. The van der Waals surface area contributed by atoms with Gasteiger partial charge in [0.2, 0.25) is 5.91 Å².